The molecule has 7 nitrogen and oxygen atoms in total. The van der Waals surface area contributed by atoms with Crippen molar-refractivity contribution in [2.75, 3.05) is 18.8 Å². The number of hydrogen-bond donors (Lipinski definition) is 3. The number of aromatic amines is 1. The number of nitrogens with one attached hydrogen (secondary N) is 3. The fourth-order valence-corrected chi connectivity index (χ4v) is 4.39. The Morgan fingerprint density at radius 3 is 2.35 bits per heavy atom. The van der Waals surface area contributed by atoms with Crippen molar-refractivity contribution in [1.29, 1.82) is 0 Å². The summed E-state index contributed by atoms with van der Waals surface area (Å²) in [6, 6.07) is 12.4. The van der Waals surface area contributed by atoms with Gasteiger partial charge in [0, 0.05) is 43.0 Å². The Balaban J connectivity index is 1.33. The second-order valence-corrected chi connectivity index (χ2v) is 9.19. The first-order valence-corrected chi connectivity index (χ1v) is 11.6. The number of aromatic nitrogens is 1. The molecule has 2 aromatic carbocycles. The minimum absolute atomic E-state index is 0.0312. The number of carbonyl (C=O) groups excluding carboxylic acids is 2. The fraction of sp³-hybridized carbons (Fsp3) is 0.273. The first kappa shape index (κ1) is 22.5. The van der Waals surface area contributed by atoms with E-state index >= 15 is 0 Å². The van der Waals surface area contributed by atoms with E-state index in [9.17, 15) is 22.4 Å². The lowest BCUT2D eigenvalue weighted by Crippen LogP contribution is -2.32. The van der Waals surface area contributed by atoms with E-state index < -0.39 is 21.6 Å². The average Bonchev–Trinajstić information content (AvgIpc) is 3.16. The van der Waals surface area contributed by atoms with Gasteiger partial charge in [0.25, 0.3) is 0 Å². The van der Waals surface area contributed by atoms with Gasteiger partial charge >= 0.3 is 0 Å². The van der Waals surface area contributed by atoms with E-state index in [4.69, 9.17) is 0 Å². The zero-order chi connectivity index (χ0) is 22.3. The monoisotopic (exact) mass is 445 g/mol. The molecule has 0 fully saturated rings. The third-order valence-electron chi connectivity index (χ3n) is 4.84. The number of hydrogen-bond acceptors (Lipinski definition) is 4. The van der Waals surface area contributed by atoms with Crippen LogP contribution in [-0.4, -0.2) is 44.1 Å². The Labute approximate surface area is 180 Å². The third-order valence-corrected chi connectivity index (χ3v) is 6.57. The first-order valence-electron chi connectivity index (χ1n) is 9.92. The van der Waals surface area contributed by atoms with Crippen molar-refractivity contribution in [1.82, 2.24) is 15.6 Å². The van der Waals surface area contributed by atoms with Gasteiger partial charge in [-0.2, -0.15) is 0 Å². The molecule has 0 unspecified atom stereocenters. The Hall–Kier alpha value is -3.20. The van der Waals surface area contributed by atoms with Crippen molar-refractivity contribution in [3.8, 4) is 0 Å². The van der Waals surface area contributed by atoms with Gasteiger partial charge in [-0.15, -0.1) is 0 Å². The SMILES string of the molecule is O=C(CCNC(=O)CCS(=O)(=O)c1ccc(F)cc1)NCCc1c[nH]c2ccccc12. The molecule has 0 bridgehead atoms. The van der Waals surface area contributed by atoms with Crippen molar-refractivity contribution in [3.63, 3.8) is 0 Å². The minimum atomic E-state index is -3.67. The van der Waals surface area contributed by atoms with E-state index in [1.165, 1.54) is 12.1 Å². The highest BCUT2D eigenvalue weighted by molar-refractivity contribution is 7.91. The van der Waals surface area contributed by atoms with E-state index in [2.05, 4.69) is 15.6 Å². The summed E-state index contributed by atoms with van der Waals surface area (Å²) in [4.78, 5) is 27.0. The second kappa shape index (κ2) is 10.2. The van der Waals surface area contributed by atoms with Crippen LogP contribution in [0.25, 0.3) is 10.9 Å². The molecule has 164 valence electrons. The summed E-state index contributed by atoms with van der Waals surface area (Å²) in [7, 11) is -3.67. The Morgan fingerprint density at radius 1 is 0.903 bits per heavy atom. The topological polar surface area (TPSA) is 108 Å². The van der Waals surface area contributed by atoms with Gasteiger partial charge in [-0.3, -0.25) is 9.59 Å². The van der Waals surface area contributed by atoms with Crippen LogP contribution in [0.3, 0.4) is 0 Å². The van der Waals surface area contributed by atoms with Crippen LogP contribution in [0.15, 0.2) is 59.6 Å². The summed E-state index contributed by atoms with van der Waals surface area (Å²) in [6.45, 7) is 0.596. The number of H-pyrrole nitrogens is 1. The summed E-state index contributed by atoms with van der Waals surface area (Å²) in [6.07, 6.45) is 2.48. The van der Waals surface area contributed by atoms with Crippen LogP contribution >= 0.6 is 0 Å². The molecule has 3 N–H and O–H groups in total. The molecule has 0 spiro atoms. The Bertz CT molecular complexity index is 1160. The molecule has 31 heavy (non-hydrogen) atoms. The van der Waals surface area contributed by atoms with Gasteiger partial charge < -0.3 is 15.6 Å². The van der Waals surface area contributed by atoms with Crippen LogP contribution in [0.2, 0.25) is 0 Å². The van der Waals surface area contributed by atoms with Crippen LogP contribution in [0.4, 0.5) is 4.39 Å². The van der Waals surface area contributed by atoms with Crippen molar-refractivity contribution in [3.05, 3.63) is 66.1 Å². The molecule has 3 aromatic rings. The lowest BCUT2D eigenvalue weighted by Gasteiger charge is -2.07. The van der Waals surface area contributed by atoms with E-state index in [-0.39, 0.29) is 35.9 Å². The maximum Gasteiger partial charge on any atom is 0.221 e. The van der Waals surface area contributed by atoms with Crippen molar-refractivity contribution >= 4 is 32.6 Å². The number of carbonyl (C=O) groups is 2. The molecule has 0 saturated carbocycles. The number of fused-ring (bicyclic) bond motifs is 1. The quantitative estimate of drug-likeness (QED) is 0.416. The van der Waals surface area contributed by atoms with Gasteiger partial charge in [0.2, 0.25) is 11.8 Å². The molecule has 0 saturated heterocycles. The zero-order valence-corrected chi connectivity index (χ0v) is 17.7. The van der Waals surface area contributed by atoms with Gasteiger partial charge in [0.1, 0.15) is 5.82 Å². The normalized spacial score (nSPS) is 11.4. The Kier molecular flexibility index (Phi) is 7.41. The molecule has 3 rings (SSSR count). The number of amides is 2. The van der Waals surface area contributed by atoms with Gasteiger partial charge in [-0.1, -0.05) is 18.2 Å². The number of halogens is 1. The number of para-hydroxylation sites is 1. The molecule has 0 aliphatic heterocycles. The maximum absolute atomic E-state index is 12.9. The number of benzene rings is 2. The lowest BCUT2D eigenvalue weighted by molar-refractivity contribution is -0.122. The predicted octanol–water partition coefficient (Wildman–Crippen LogP) is 2.34. The number of rotatable bonds is 10. The summed E-state index contributed by atoms with van der Waals surface area (Å²) in [5, 5.41) is 6.48. The summed E-state index contributed by atoms with van der Waals surface area (Å²) in [5.74, 6) is -1.57. The number of sulfone groups is 1. The van der Waals surface area contributed by atoms with Gasteiger partial charge in [-0.05, 0) is 42.3 Å². The summed E-state index contributed by atoms with van der Waals surface area (Å²) in [5.41, 5.74) is 2.17. The smallest absolute Gasteiger partial charge is 0.221 e. The van der Waals surface area contributed by atoms with Crippen LogP contribution in [-0.2, 0) is 25.8 Å². The molecule has 1 aromatic heterocycles. The molecule has 0 radical (unpaired) electrons. The largest absolute Gasteiger partial charge is 0.361 e. The molecular formula is C22H24FN3O4S. The minimum Gasteiger partial charge on any atom is -0.361 e. The van der Waals surface area contributed by atoms with E-state index in [0.29, 0.717) is 13.0 Å². The molecule has 0 aliphatic carbocycles. The van der Waals surface area contributed by atoms with Crippen molar-refractivity contribution in [2.24, 2.45) is 0 Å². The van der Waals surface area contributed by atoms with Crippen molar-refractivity contribution in [2.45, 2.75) is 24.2 Å². The summed E-state index contributed by atoms with van der Waals surface area (Å²) < 4.78 is 37.2. The summed E-state index contributed by atoms with van der Waals surface area (Å²) >= 11 is 0. The third kappa shape index (κ3) is 6.39. The molecule has 1 heterocycles. The standard InChI is InChI=1S/C22H24FN3O4S/c23-17-5-7-18(8-6-17)31(29,30)14-11-22(28)25-13-10-21(27)24-12-9-16-15-26-20-4-2-1-3-19(16)20/h1-8,15,26H,9-14H2,(H,24,27)(H,25,28). The van der Waals surface area contributed by atoms with Crippen LogP contribution in [0.5, 0.6) is 0 Å². The molecule has 0 atom stereocenters. The lowest BCUT2D eigenvalue weighted by atomic mass is 10.1. The van der Waals surface area contributed by atoms with E-state index in [1.54, 1.807) is 0 Å². The second-order valence-electron chi connectivity index (χ2n) is 7.08. The van der Waals surface area contributed by atoms with Gasteiger partial charge in [-0.25, -0.2) is 12.8 Å². The van der Waals surface area contributed by atoms with Gasteiger partial charge in [0.05, 0.1) is 10.6 Å². The first-order chi connectivity index (χ1) is 14.8. The van der Waals surface area contributed by atoms with Crippen LogP contribution < -0.4 is 10.6 Å². The van der Waals surface area contributed by atoms with Crippen LogP contribution in [0, 0.1) is 5.82 Å². The van der Waals surface area contributed by atoms with E-state index in [1.807, 2.05) is 30.5 Å². The molecule has 9 heteroatoms. The van der Waals surface area contributed by atoms with Gasteiger partial charge in [0.15, 0.2) is 9.84 Å². The van der Waals surface area contributed by atoms with Crippen LogP contribution in [0.1, 0.15) is 18.4 Å². The Morgan fingerprint density at radius 2 is 1.58 bits per heavy atom. The molecule has 0 aliphatic rings. The zero-order valence-electron chi connectivity index (χ0n) is 16.9. The molecule has 2 amide bonds. The highest BCUT2D eigenvalue weighted by atomic mass is 32.2. The van der Waals surface area contributed by atoms with E-state index in [0.717, 1.165) is 28.6 Å². The fourth-order valence-electron chi connectivity index (χ4n) is 3.15. The highest BCUT2D eigenvalue weighted by Gasteiger charge is 2.16. The predicted molar refractivity (Wildman–Crippen MR) is 116 cm³/mol. The maximum atomic E-state index is 12.9. The molecular weight excluding hydrogens is 421 g/mol. The average molecular weight is 446 g/mol. The highest BCUT2D eigenvalue weighted by Crippen LogP contribution is 2.17. The van der Waals surface area contributed by atoms with Crippen molar-refractivity contribution < 1.29 is 22.4 Å².